The first-order valence-corrected chi connectivity index (χ1v) is 7.35. The fourth-order valence-electron chi connectivity index (χ4n) is 0.885. The van der Waals surface area contributed by atoms with Crippen molar-refractivity contribution in [3.63, 3.8) is 0 Å². The molecular formula is C6H2Cl9N3. The highest BCUT2D eigenvalue weighted by molar-refractivity contribution is 6.79. The van der Waals surface area contributed by atoms with Gasteiger partial charge in [0.25, 0.3) is 0 Å². The zero-order valence-corrected chi connectivity index (χ0v) is 14.7. The van der Waals surface area contributed by atoms with Gasteiger partial charge < -0.3 is 5.32 Å². The summed E-state index contributed by atoms with van der Waals surface area (Å²) in [4.78, 5) is 7.68. The lowest BCUT2D eigenvalue weighted by atomic mass is 10.4. The fourth-order valence-corrected chi connectivity index (χ4v) is 1.75. The number of nitrogens with zero attached hydrogens (tertiary/aromatic N) is 2. The van der Waals surface area contributed by atoms with Crippen LogP contribution in [0.25, 0.3) is 0 Å². The summed E-state index contributed by atoms with van der Waals surface area (Å²) in [6.45, 7) is 0. The van der Waals surface area contributed by atoms with Crippen LogP contribution in [0.2, 0.25) is 0 Å². The van der Waals surface area contributed by atoms with Gasteiger partial charge in [0.1, 0.15) is 0 Å². The molecule has 0 saturated heterocycles. The van der Waals surface area contributed by atoms with E-state index in [1.807, 2.05) is 0 Å². The Labute approximate surface area is 148 Å². The van der Waals surface area contributed by atoms with Gasteiger partial charge >= 0.3 is 0 Å². The molecule has 18 heavy (non-hydrogen) atoms. The van der Waals surface area contributed by atoms with Gasteiger partial charge in [0, 0.05) is 0 Å². The Kier molecular flexibility index (Phi) is 5.80. The molecule has 0 aliphatic carbocycles. The van der Waals surface area contributed by atoms with Gasteiger partial charge in [0.15, 0.2) is 17.8 Å². The third kappa shape index (κ3) is 4.94. The minimum atomic E-state index is -1.91. The van der Waals surface area contributed by atoms with Crippen LogP contribution >= 0.6 is 104 Å². The third-order valence-corrected chi connectivity index (χ3v) is 3.23. The Balaban J connectivity index is 3.19. The second kappa shape index (κ2) is 5.86. The van der Waals surface area contributed by atoms with E-state index in [-0.39, 0.29) is 11.7 Å². The predicted molar refractivity (Wildman–Crippen MR) is 82.7 cm³/mol. The molecule has 0 bridgehead atoms. The van der Waals surface area contributed by atoms with Gasteiger partial charge in [-0.25, -0.2) is 9.98 Å². The van der Waals surface area contributed by atoms with Crippen LogP contribution in [0.4, 0.5) is 0 Å². The molecule has 104 valence electrons. The molecule has 12 heteroatoms. The molecule has 0 amide bonds. The largest absolute Gasteiger partial charge is 0.325 e. The molecule has 3 nitrogen and oxygen atoms in total. The molecule has 1 rings (SSSR count). The molecule has 0 fully saturated rings. The molecule has 0 spiro atoms. The maximum atomic E-state index is 5.67. The van der Waals surface area contributed by atoms with Crippen LogP contribution in [0.15, 0.2) is 9.98 Å². The summed E-state index contributed by atoms with van der Waals surface area (Å²) in [5, 5.41) is 2.47. The van der Waals surface area contributed by atoms with Crippen molar-refractivity contribution in [3.8, 4) is 0 Å². The normalized spacial score (nSPS) is 19.2. The topological polar surface area (TPSA) is 36.8 Å². The summed E-state index contributed by atoms with van der Waals surface area (Å²) in [6.07, 6.45) is -1.21. The minimum Gasteiger partial charge on any atom is -0.325 e. The highest BCUT2D eigenvalue weighted by Gasteiger charge is 2.43. The van der Waals surface area contributed by atoms with Crippen LogP contribution in [0, 0.1) is 0 Å². The number of nitrogens with one attached hydrogen (secondary N) is 1. The van der Waals surface area contributed by atoms with Crippen molar-refractivity contribution >= 4 is 116 Å². The Bertz CT molecular complexity index is 355. The molecule has 0 saturated carbocycles. The number of rotatable bonds is 0. The van der Waals surface area contributed by atoms with E-state index in [1.165, 1.54) is 0 Å². The Morgan fingerprint density at radius 1 is 0.722 bits per heavy atom. The first-order valence-electron chi connectivity index (χ1n) is 3.95. The number of hydrogen-bond acceptors (Lipinski definition) is 3. The van der Waals surface area contributed by atoms with E-state index in [0.29, 0.717) is 0 Å². The summed E-state index contributed by atoms with van der Waals surface area (Å²) in [7, 11) is 0. The van der Waals surface area contributed by atoms with Crippen molar-refractivity contribution in [1.82, 2.24) is 5.32 Å². The van der Waals surface area contributed by atoms with Crippen molar-refractivity contribution in [1.29, 1.82) is 0 Å². The molecule has 0 atom stereocenters. The van der Waals surface area contributed by atoms with Crippen LogP contribution in [0.1, 0.15) is 0 Å². The second-order valence-corrected chi connectivity index (χ2v) is 9.92. The van der Waals surface area contributed by atoms with E-state index in [0.717, 1.165) is 0 Å². The molecular weight excluding hydrogens is 433 g/mol. The van der Waals surface area contributed by atoms with Gasteiger partial charge in [0.2, 0.25) is 11.4 Å². The van der Waals surface area contributed by atoms with Crippen molar-refractivity contribution in [2.75, 3.05) is 0 Å². The van der Waals surface area contributed by atoms with Gasteiger partial charge in [-0.05, 0) is 0 Å². The van der Waals surface area contributed by atoms with Crippen LogP contribution in [0.3, 0.4) is 0 Å². The van der Waals surface area contributed by atoms with Gasteiger partial charge in [-0.3, -0.25) is 0 Å². The van der Waals surface area contributed by atoms with Gasteiger partial charge in [-0.2, -0.15) is 0 Å². The van der Waals surface area contributed by atoms with Crippen LogP contribution in [-0.4, -0.2) is 29.2 Å². The van der Waals surface area contributed by atoms with E-state index >= 15 is 0 Å². The number of amidine groups is 2. The fraction of sp³-hybridized carbons (Fsp3) is 0.667. The maximum Gasteiger partial charge on any atom is 0.247 e. The monoisotopic (exact) mass is 431 g/mol. The molecule has 1 aliphatic rings. The summed E-state index contributed by atoms with van der Waals surface area (Å²) < 4.78 is -5.71. The molecule has 0 aromatic heterocycles. The van der Waals surface area contributed by atoms with E-state index in [9.17, 15) is 0 Å². The average molecular weight is 435 g/mol. The summed E-state index contributed by atoms with van der Waals surface area (Å²) in [6, 6.07) is 0. The lowest BCUT2D eigenvalue weighted by Gasteiger charge is -2.29. The second-order valence-electron chi connectivity index (χ2n) is 2.99. The molecule has 0 unspecified atom stereocenters. The van der Waals surface area contributed by atoms with E-state index < -0.39 is 17.5 Å². The number of alkyl halides is 9. The smallest absolute Gasteiger partial charge is 0.247 e. The highest BCUT2D eigenvalue weighted by atomic mass is 35.6. The zero-order valence-electron chi connectivity index (χ0n) is 7.87. The van der Waals surface area contributed by atoms with Gasteiger partial charge in [0.05, 0.1) is 0 Å². The first kappa shape index (κ1) is 17.8. The molecule has 1 N–H and O–H groups in total. The SMILES string of the molecule is ClC(Cl)(Cl)C1=NC(C(Cl)(Cl)Cl)N=C(C(Cl)(Cl)Cl)N1. The quantitative estimate of drug-likeness (QED) is 0.545. The summed E-state index contributed by atoms with van der Waals surface area (Å²) in [5.41, 5.74) is 0. The third-order valence-electron chi connectivity index (χ3n) is 1.57. The van der Waals surface area contributed by atoms with E-state index in [4.69, 9.17) is 104 Å². The van der Waals surface area contributed by atoms with E-state index in [2.05, 4.69) is 15.3 Å². The van der Waals surface area contributed by atoms with Crippen molar-refractivity contribution < 1.29 is 0 Å². The number of aliphatic imine (C=N–C) groups is 2. The lowest BCUT2D eigenvalue weighted by molar-refractivity contribution is 0.706. The minimum absolute atomic E-state index is 0.167. The molecule has 1 heterocycles. The summed E-state index contributed by atoms with van der Waals surface area (Å²) >= 11 is 51.0. The predicted octanol–water partition coefficient (Wildman–Crippen LogP) is 4.82. The number of hydrogen-bond donors (Lipinski definition) is 1. The van der Waals surface area contributed by atoms with Crippen LogP contribution in [-0.2, 0) is 0 Å². The van der Waals surface area contributed by atoms with Gasteiger partial charge in [-0.15, -0.1) is 0 Å². The molecule has 0 aromatic rings. The van der Waals surface area contributed by atoms with Crippen LogP contribution < -0.4 is 5.32 Å². The molecule has 0 radical (unpaired) electrons. The highest BCUT2D eigenvalue weighted by Crippen LogP contribution is 2.39. The molecule has 1 aliphatic heterocycles. The van der Waals surface area contributed by atoms with Crippen molar-refractivity contribution in [3.05, 3.63) is 0 Å². The van der Waals surface area contributed by atoms with Crippen molar-refractivity contribution in [2.24, 2.45) is 9.98 Å². The van der Waals surface area contributed by atoms with Crippen LogP contribution in [0.5, 0.6) is 0 Å². The summed E-state index contributed by atoms with van der Waals surface area (Å²) in [5.74, 6) is -0.333. The van der Waals surface area contributed by atoms with Crippen molar-refractivity contribution in [2.45, 2.75) is 17.5 Å². The first-order chi connectivity index (χ1) is 7.82. The Hall–Kier alpha value is 1.75. The number of halogens is 9. The Morgan fingerprint density at radius 2 is 1.06 bits per heavy atom. The zero-order chi connectivity index (χ0) is 14.4. The average Bonchev–Trinajstić information content (AvgIpc) is 2.13. The Morgan fingerprint density at radius 3 is 1.28 bits per heavy atom. The van der Waals surface area contributed by atoms with E-state index in [1.54, 1.807) is 0 Å². The maximum absolute atomic E-state index is 5.67. The van der Waals surface area contributed by atoms with Gasteiger partial charge in [-0.1, -0.05) is 104 Å². The molecule has 0 aromatic carbocycles. The standard InChI is InChI=1S/C6H2Cl9N3/c7-4(8,9)1-16-2(5(10,11)12)18-3(17-1)6(13,14)15/h1H,(H,16,17,18). The lowest BCUT2D eigenvalue weighted by Crippen LogP contribution is -2.50.